The standard InChI is InChI=1S/C13H22N2.C10H18O5/c1-3-7-12(8-4-1)14-11-15-13-9-5-2-6-10-13;1-9(2,3)14-7(11)13-8(12)15-10(4,5)6/h12-13H,1-10H2;1-6H3. The van der Waals surface area contributed by atoms with Gasteiger partial charge in [-0.05, 0) is 67.2 Å². The van der Waals surface area contributed by atoms with Crippen LogP contribution in [0.1, 0.15) is 106 Å². The molecular weight excluding hydrogens is 384 g/mol. The van der Waals surface area contributed by atoms with Crippen LogP contribution >= 0.6 is 0 Å². The zero-order chi connectivity index (χ0) is 22.6. The predicted molar refractivity (Wildman–Crippen MR) is 117 cm³/mol. The molecule has 0 radical (unpaired) electrons. The summed E-state index contributed by atoms with van der Waals surface area (Å²) < 4.78 is 13.8. The summed E-state index contributed by atoms with van der Waals surface area (Å²) >= 11 is 0. The second kappa shape index (κ2) is 12.7. The van der Waals surface area contributed by atoms with Gasteiger partial charge in [0.1, 0.15) is 11.2 Å². The quantitative estimate of drug-likeness (QED) is 0.280. The van der Waals surface area contributed by atoms with Gasteiger partial charge in [-0.3, -0.25) is 0 Å². The minimum Gasteiger partial charge on any atom is -0.428 e. The van der Waals surface area contributed by atoms with Gasteiger partial charge in [0, 0.05) is 0 Å². The van der Waals surface area contributed by atoms with Crippen molar-refractivity contribution in [3.05, 3.63) is 0 Å². The van der Waals surface area contributed by atoms with Crippen LogP contribution in [0.5, 0.6) is 0 Å². The monoisotopic (exact) mass is 424 g/mol. The molecule has 172 valence electrons. The largest absolute Gasteiger partial charge is 0.519 e. The van der Waals surface area contributed by atoms with Crippen molar-refractivity contribution >= 4 is 18.3 Å². The van der Waals surface area contributed by atoms with Crippen molar-refractivity contribution in [2.75, 3.05) is 0 Å². The molecule has 0 amide bonds. The van der Waals surface area contributed by atoms with Crippen LogP contribution in [0, 0.1) is 0 Å². The SMILES string of the molecule is C(=NC1CCCCC1)=NC1CCCCC1.CC(C)(C)OC(=O)OC(=O)OC(C)(C)C. The first-order valence-corrected chi connectivity index (χ1v) is 11.2. The Morgan fingerprint density at radius 1 is 0.667 bits per heavy atom. The van der Waals surface area contributed by atoms with Crippen LogP contribution in [0.2, 0.25) is 0 Å². The van der Waals surface area contributed by atoms with E-state index < -0.39 is 23.5 Å². The molecular formula is C23H40N2O5. The molecule has 7 nitrogen and oxygen atoms in total. The van der Waals surface area contributed by atoms with E-state index in [0.717, 1.165) is 0 Å². The fourth-order valence-electron chi connectivity index (χ4n) is 3.23. The van der Waals surface area contributed by atoms with Crippen LogP contribution in [0.15, 0.2) is 9.98 Å². The van der Waals surface area contributed by atoms with Crippen LogP contribution in [0.25, 0.3) is 0 Å². The van der Waals surface area contributed by atoms with Crippen LogP contribution < -0.4 is 0 Å². The second-order valence-electron chi connectivity index (χ2n) is 9.97. The van der Waals surface area contributed by atoms with Gasteiger partial charge in [0.15, 0.2) is 0 Å². The molecule has 2 fully saturated rings. The average molecular weight is 425 g/mol. The van der Waals surface area contributed by atoms with E-state index in [2.05, 4.69) is 20.7 Å². The number of aliphatic imine (C=N–C) groups is 2. The van der Waals surface area contributed by atoms with Crippen molar-refractivity contribution in [3.63, 3.8) is 0 Å². The lowest BCUT2D eigenvalue weighted by Gasteiger charge is -2.20. The van der Waals surface area contributed by atoms with Gasteiger partial charge in [0.25, 0.3) is 0 Å². The molecule has 0 aromatic rings. The summed E-state index contributed by atoms with van der Waals surface area (Å²) in [6.07, 6.45) is 11.1. The molecule has 0 unspecified atom stereocenters. The first-order chi connectivity index (χ1) is 13.9. The molecule has 30 heavy (non-hydrogen) atoms. The summed E-state index contributed by atoms with van der Waals surface area (Å²) in [6.45, 7) is 10.0. The Kier molecular flexibility index (Phi) is 11.1. The minimum atomic E-state index is -1.06. The molecule has 0 N–H and O–H groups in total. The molecule has 2 aliphatic rings. The van der Waals surface area contributed by atoms with Gasteiger partial charge in [-0.15, -0.1) is 0 Å². The Bertz CT molecular complexity index is 538. The van der Waals surface area contributed by atoms with Gasteiger partial charge in [0.2, 0.25) is 0 Å². The smallest absolute Gasteiger partial charge is 0.428 e. The van der Waals surface area contributed by atoms with E-state index in [1.54, 1.807) is 41.5 Å². The molecule has 0 bridgehead atoms. The van der Waals surface area contributed by atoms with Crippen molar-refractivity contribution in [1.29, 1.82) is 0 Å². The second-order valence-corrected chi connectivity index (χ2v) is 9.97. The van der Waals surface area contributed by atoms with Crippen molar-refractivity contribution in [2.24, 2.45) is 9.98 Å². The molecule has 0 heterocycles. The van der Waals surface area contributed by atoms with E-state index in [1.165, 1.54) is 64.2 Å². The van der Waals surface area contributed by atoms with Gasteiger partial charge in [-0.2, -0.15) is 0 Å². The fraction of sp³-hybridized carbons (Fsp3) is 0.870. The third kappa shape index (κ3) is 14.2. The number of rotatable bonds is 2. The van der Waals surface area contributed by atoms with Gasteiger partial charge < -0.3 is 14.2 Å². The van der Waals surface area contributed by atoms with E-state index >= 15 is 0 Å². The Morgan fingerprint density at radius 3 is 1.30 bits per heavy atom. The molecule has 7 heteroatoms. The van der Waals surface area contributed by atoms with Gasteiger partial charge in [-0.25, -0.2) is 19.6 Å². The number of hydrogen-bond acceptors (Lipinski definition) is 7. The Labute approximate surface area is 181 Å². The number of ether oxygens (including phenoxy) is 3. The molecule has 2 rings (SSSR count). The first kappa shape index (κ1) is 26.2. The van der Waals surface area contributed by atoms with Crippen LogP contribution in [-0.4, -0.2) is 41.6 Å². The topological polar surface area (TPSA) is 86.5 Å². The lowest BCUT2D eigenvalue weighted by Crippen LogP contribution is -2.29. The molecule has 0 aliphatic heterocycles. The maximum Gasteiger partial charge on any atom is 0.519 e. The highest BCUT2D eigenvalue weighted by Crippen LogP contribution is 2.21. The number of hydrogen-bond donors (Lipinski definition) is 0. The van der Waals surface area contributed by atoms with E-state index in [-0.39, 0.29) is 0 Å². The van der Waals surface area contributed by atoms with Crippen molar-refractivity contribution in [3.8, 4) is 0 Å². The average Bonchev–Trinajstić information content (AvgIpc) is 2.60. The number of carbonyl (C=O) groups excluding carboxylic acids is 2. The molecule has 2 aliphatic carbocycles. The summed E-state index contributed by atoms with van der Waals surface area (Å²) in [5.74, 6) is 0. The minimum absolute atomic E-state index is 0.533. The van der Waals surface area contributed by atoms with Crippen molar-refractivity contribution in [1.82, 2.24) is 0 Å². The highest BCUT2D eigenvalue weighted by Gasteiger charge is 2.24. The fourth-order valence-corrected chi connectivity index (χ4v) is 3.23. The maximum atomic E-state index is 11.0. The number of carbonyl (C=O) groups is 2. The van der Waals surface area contributed by atoms with E-state index in [0.29, 0.717) is 12.1 Å². The van der Waals surface area contributed by atoms with Crippen LogP contribution in [0.4, 0.5) is 9.59 Å². The van der Waals surface area contributed by atoms with E-state index in [9.17, 15) is 9.59 Å². The third-order valence-corrected chi connectivity index (χ3v) is 4.58. The van der Waals surface area contributed by atoms with Crippen molar-refractivity contribution in [2.45, 2.75) is 129 Å². The Morgan fingerprint density at radius 2 is 1.00 bits per heavy atom. The third-order valence-electron chi connectivity index (χ3n) is 4.58. The Hall–Kier alpha value is -1.88. The first-order valence-electron chi connectivity index (χ1n) is 11.2. The number of nitrogens with zero attached hydrogens (tertiary/aromatic N) is 2. The lowest BCUT2D eigenvalue weighted by molar-refractivity contribution is -0.0293. The van der Waals surface area contributed by atoms with E-state index in [4.69, 9.17) is 9.47 Å². The summed E-state index contributed by atoms with van der Waals surface area (Å²) in [4.78, 5) is 30.9. The van der Waals surface area contributed by atoms with Gasteiger partial charge in [0.05, 0.1) is 18.1 Å². The highest BCUT2D eigenvalue weighted by molar-refractivity contribution is 5.77. The van der Waals surface area contributed by atoms with E-state index in [1.807, 2.05) is 0 Å². The van der Waals surface area contributed by atoms with Crippen LogP contribution in [0.3, 0.4) is 0 Å². The summed E-state index contributed by atoms with van der Waals surface area (Å²) in [7, 11) is 0. The normalized spacial score (nSPS) is 18.2. The molecule has 0 saturated heterocycles. The summed E-state index contributed by atoms with van der Waals surface area (Å²) in [6, 6.07) is 4.04. The molecule has 0 aromatic heterocycles. The molecule has 0 spiro atoms. The summed E-state index contributed by atoms with van der Waals surface area (Å²) in [5.41, 5.74) is -1.39. The summed E-state index contributed by atoms with van der Waals surface area (Å²) in [5, 5.41) is 0. The van der Waals surface area contributed by atoms with Gasteiger partial charge >= 0.3 is 12.3 Å². The van der Waals surface area contributed by atoms with Crippen molar-refractivity contribution < 1.29 is 23.8 Å². The molecule has 0 atom stereocenters. The van der Waals surface area contributed by atoms with Crippen LogP contribution in [-0.2, 0) is 14.2 Å². The molecule has 0 aromatic carbocycles. The molecule has 2 saturated carbocycles. The Balaban J connectivity index is 0.000000300. The zero-order valence-electron chi connectivity index (χ0n) is 19.7. The lowest BCUT2D eigenvalue weighted by atomic mass is 9.96. The predicted octanol–water partition coefficient (Wildman–Crippen LogP) is 6.70. The maximum absolute atomic E-state index is 11.0. The zero-order valence-corrected chi connectivity index (χ0v) is 19.7. The highest BCUT2D eigenvalue weighted by atomic mass is 16.8. The van der Waals surface area contributed by atoms with Gasteiger partial charge in [-0.1, -0.05) is 38.5 Å².